The molecule has 2 unspecified atom stereocenters. The molecule has 0 N–H and O–H groups in total. The summed E-state index contributed by atoms with van der Waals surface area (Å²) in [4.78, 5) is 25.8. The first-order valence-electron chi connectivity index (χ1n) is 12.0. The van der Waals surface area contributed by atoms with Gasteiger partial charge in [-0.15, -0.1) is 0 Å². The van der Waals surface area contributed by atoms with Crippen LogP contribution in [0.1, 0.15) is 47.2 Å². The second-order valence-electron chi connectivity index (χ2n) is 9.85. The Hall–Kier alpha value is -3.22. The highest BCUT2D eigenvalue weighted by Crippen LogP contribution is 2.56. The Morgan fingerprint density at radius 1 is 1.16 bits per heavy atom. The van der Waals surface area contributed by atoms with E-state index in [1.54, 1.807) is 13.0 Å². The largest absolute Gasteiger partial charge is 0.492 e. The summed E-state index contributed by atoms with van der Waals surface area (Å²) in [5.41, 5.74) is -0.478. The Balaban J connectivity index is 1.67. The number of anilines is 1. The molecular formula is C26H28FNO9S. The molecule has 1 aliphatic heterocycles. The summed E-state index contributed by atoms with van der Waals surface area (Å²) in [5, 5.41) is 0. The lowest BCUT2D eigenvalue weighted by Gasteiger charge is -2.28. The number of nitrogens with zero attached hydrogens (tertiary/aromatic N) is 1. The lowest BCUT2D eigenvalue weighted by atomic mass is 9.97. The number of carbonyl (C=O) groups is 2. The summed E-state index contributed by atoms with van der Waals surface area (Å²) in [6, 6.07) is 6.22. The van der Waals surface area contributed by atoms with Crippen molar-refractivity contribution in [3.63, 3.8) is 0 Å². The SMILES string of the molecule is COCOC1CC1(C)c1cc(F)ccc1S(=O)(=O)N(C(=O)OC)c1ccc2c(c1C(=O)OC)OC[C@@H]1C[C@H]21. The fraction of sp³-hybridized carbons (Fsp3) is 0.462. The molecule has 204 valence electrons. The van der Waals surface area contributed by atoms with E-state index in [1.807, 2.05) is 0 Å². The van der Waals surface area contributed by atoms with E-state index in [1.165, 1.54) is 13.2 Å². The maximum Gasteiger partial charge on any atom is 0.428 e. The number of carbonyl (C=O) groups excluding carboxylic acids is 2. The molecule has 2 saturated carbocycles. The first-order valence-corrected chi connectivity index (χ1v) is 13.4. The lowest BCUT2D eigenvalue weighted by Crippen LogP contribution is -2.39. The van der Waals surface area contributed by atoms with Gasteiger partial charge in [-0.2, -0.15) is 4.31 Å². The summed E-state index contributed by atoms with van der Waals surface area (Å²) in [6.45, 7) is 2.08. The van der Waals surface area contributed by atoms with Crippen molar-refractivity contribution in [3.05, 3.63) is 52.8 Å². The molecule has 2 aromatic rings. The van der Waals surface area contributed by atoms with E-state index in [-0.39, 0.29) is 40.2 Å². The molecule has 2 aliphatic carbocycles. The van der Waals surface area contributed by atoms with Gasteiger partial charge in [-0.3, -0.25) is 0 Å². The Morgan fingerprint density at radius 2 is 1.92 bits per heavy atom. The minimum absolute atomic E-state index is 0.0224. The topological polar surface area (TPSA) is 118 Å². The van der Waals surface area contributed by atoms with Gasteiger partial charge >= 0.3 is 12.1 Å². The quantitative estimate of drug-likeness (QED) is 0.359. The van der Waals surface area contributed by atoms with E-state index in [9.17, 15) is 22.4 Å². The average Bonchev–Trinajstić information content (AvgIpc) is 3.82. The molecule has 0 aromatic heterocycles. The molecule has 10 nitrogen and oxygen atoms in total. The number of methoxy groups -OCH3 is 3. The van der Waals surface area contributed by atoms with Crippen LogP contribution in [0.15, 0.2) is 35.2 Å². The van der Waals surface area contributed by atoms with Crippen LogP contribution in [0.2, 0.25) is 0 Å². The summed E-state index contributed by atoms with van der Waals surface area (Å²) >= 11 is 0. The van der Waals surface area contributed by atoms with Crippen LogP contribution in [0.4, 0.5) is 14.9 Å². The number of sulfonamides is 1. The van der Waals surface area contributed by atoms with Crippen molar-refractivity contribution >= 4 is 27.8 Å². The highest BCUT2D eigenvalue weighted by Gasteiger charge is 2.55. The molecule has 4 atom stereocenters. The predicted molar refractivity (Wildman–Crippen MR) is 131 cm³/mol. The van der Waals surface area contributed by atoms with Gasteiger partial charge in [-0.1, -0.05) is 13.0 Å². The maximum atomic E-state index is 14.4. The molecule has 2 fully saturated rings. The molecule has 12 heteroatoms. The van der Waals surface area contributed by atoms with Crippen molar-refractivity contribution in [2.75, 3.05) is 39.0 Å². The van der Waals surface area contributed by atoms with Crippen molar-refractivity contribution in [2.45, 2.75) is 42.1 Å². The molecule has 1 amide bonds. The monoisotopic (exact) mass is 549 g/mol. The zero-order valence-corrected chi connectivity index (χ0v) is 22.2. The number of esters is 1. The summed E-state index contributed by atoms with van der Waals surface area (Å²) in [7, 11) is -1.12. The van der Waals surface area contributed by atoms with Crippen LogP contribution in [-0.2, 0) is 34.4 Å². The summed E-state index contributed by atoms with van der Waals surface area (Å²) in [6.07, 6.45) is -0.406. The maximum absolute atomic E-state index is 14.4. The van der Waals surface area contributed by atoms with Crippen molar-refractivity contribution in [2.24, 2.45) is 5.92 Å². The zero-order chi connectivity index (χ0) is 27.4. The van der Waals surface area contributed by atoms with Crippen molar-refractivity contribution in [1.29, 1.82) is 0 Å². The van der Waals surface area contributed by atoms with Gasteiger partial charge in [-0.25, -0.2) is 22.4 Å². The summed E-state index contributed by atoms with van der Waals surface area (Å²) < 4.78 is 69.5. The van der Waals surface area contributed by atoms with Crippen molar-refractivity contribution in [1.82, 2.24) is 0 Å². The van der Waals surface area contributed by atoms with Crippen molar-refractivity contribution < 1.29 is 46.1 Å². The van der Waals surface area contributed by atoms with Crippen LogP contribution >= 0.6 is 0 Å². The highest BCUT2D eigenvalue weighted by molar-refractivity contribution is 7.93. The second-order valence-corrected chi connectivity index (χ2v) is 11.6. The number of benzene rings is 2. The van der Waals surface area contributed by atoms with Crippen LogP contribution in [-0.4, -0.2) is 61.3 Å². The highest BCUT2D eigenvalue weighted by atomic mass is 32.2. The summed E-state index contributed by atoms with van der Waals surface area (Å²) in [5.74, 6) is -0.838. The van der Waals surface area contributed by atoms with Gasteiger partial charge in [-0.05, 0) is 54.2 Å². The van der Waals surface area contributed by atoms with Gasteiger partial charge in [0.25, 0.3) is 10.0 Å². The van der Waals surface area contributed by atoms with E-state index >= 15 is 0 Å². The number of hydrogen-bond acceptors (Lipinski definition) is 9. The molecule has 0 bridgehead atoms. The van der Waals surface area contributed by atoms with E-state index in [4.69, 9.17) is 23.7 Å². The minimum Gasteiger partial charge on any atom is -0.492 e. The fourth-order valence-corrected chi connectivity index (χ4v) is 6.88. The van der Waals surface area contributed by atoms with Crippen LogP contribution in [0.25, 0.3) is 0 Å². The smallest absolute Gasteiger partial charge is 0.428 e. The molecule has 38 heavy (non-hydrogen) atoms. The molecule has 0 saturated heterocycles. The van der Waals surface area contributed by atoms with Crippen LogP contribution in [0.5, 0.6) is 5.75 Å². The predicted octanol–water partition coefficient (Wildman–Crippen LogP) is 3.72. The van der Waals surface area contributed by atoms with Gasteiger partial charge in [0.05, 0.1) is 37.5 Å². The minimum atomic E-state index is -4.75. The number of fused-ring (bicyclic) bond motifs is 3. The molecule has 0 radical (unpaired) electrons. The standard InChI is InChI=1S/C26H28FNO9S/c1-26(11-21(26)37-13-33-2)18-10-15(27)5-8-20(18)38(31,32)28(25(30)35-4)19-7-6-16-17-9-14(17)12-36-23(16)22(19)24(29)34-3/h5-8,10,14,17,21H,9,11-13H2,1-4H3/t14-,17-,21?,26?/m0/s1. The van der Waals surface area contributed by atoms with Crippen LogP contribution in [0, 0.1) is 11.7 Å². The number of rotatable bonds is 8. The third-order valence-electron chi connectivity index (χ3n) is 7.50. The van der Waals surface area contributed by atoms with E-state index in [0.29, 0.717) is 23.3 Å². The normalized spacial score (nSPS) is 24.9. The van der Waals surface area contributed by atoms with Crippen molar-refractivity contribution in [3.8, 4) is 5.75 Å². The Kier molecular flexibility index (Phi) is 6.60. The Labute approximate surface area is 219 Å². The van der Waals surface area contributed by atoms with E-state index in [2.05, 4.69) is 0 Å². The fourth-order valence-electron chi connectivity index (χ4n) is 5.19. The number of ether oxygens (including phenoxy) is 5. The first-order chi connectivity index (χ1) is 18.1. The third-order valence-corrected chi connectivity index (χ3v) is 9.24. The zero-order valence-electron chi connectivity index (χ0n) is 21.4. The van der Waals surface area contributed by atoms with Gasteiger partial charge in [0.1, 0.15) is 23.9 Å². The third kappa shape index (κ3) is 4.20. The van der Waals surface area contributed by atoms with Gasteiger partial charge in [0, 0.05) is 18.4 Å². The molecule has 1 heterocycles. The molecule has 2 aromatic carbocycles. The first kappa shape index (κ1) is 26.4. The number of amides is 1. The molecule has 3 aliphatic rings. The Bertz CT molecular complexity index is 1410. The van der Waals surface area contributed by atoms with Gasteiger partial charge in [0.15, 0.2) is 0 Å². The second kappa shape index (κ2) is 9.51. The van der Waals surface area contributed by atoms with Crippen LogP contribution in [0.3, 0.4) is 0 Å². The van der Waals surface area contributed by atoms with Gasteiger partial charge in [0.2, 0.25) is 0 Å². The number of hydrogen-bond donors (Lipinski definition) is 0. The molecule has 0 spiro atoms. The van der Waals surface area contributed by atoms with E-state index < -0.39 is 39.4 Å². The Morgan fingerprint density at radius 3 is 2.61 bits per heavy atom. The number of halogens is 1. The molecular weight excluding hydrogens is 521 g/mol. The average molecular weight is 550 g/mol. The van der Waals surface area contributed by atoms with E-state index in [0.717, 1.165) is 44.4 Å². The molecule has 5 rings (SSSR count). The lowest BCUT2D eigenvalue weighted by molar-refractivity contribution is -0.0452. The van der Waals surface area contributed by atoms with Crippen LogP contribution < -0.4 is 9.04 Å². The van der Waals surface area contributed by atoms with Gasteiger partial charge < -0.3 is 23.7 Å².